The van der Waals surface area contributed by atoms with E-state index in [1.165, 1.54) is 6.33 Å². The Hall–Kier alpha value is -1.59. The van der Waals surface area contributed by atoms with Gasteiger partial charge in [0.2, 0.25) is 0 Å². The van der Waals surface area contributed by atoms with Gasteiger partial charge in [-0.2, -0.15) is 5.10 Å². The van der Waals surface area contributed by atoms with E-state index in [1.54, 1.807) is 11.7 Å². The first kappa shape index (κ1) is 24.4. The lowest BCUT2D eigenvalue weighted by Crippen LogP contribution is -2.48. The van der Waals surface area contributed by atoms with Crippen molar-refractivity contribution in [1.29, 1.82) is 0 Å². The number of nitrogens with zero attached hydrogens (tertiary/aromatic N) is 4. The standard InChI is InChI=1S/C16H31N7O2.HI/c1-7-8-12(22-15(24)25-16(2,3)4)9-18-14(17-5)19-10-13-20-11-21-23(13)6;/h11-12H,7-10H2,1-6H3,(H,22,24)(H2,17,18,19);1H. The molecule has 0 aromatic carbocycles. The Labute approximate surface area is 172 Å². The highest BCUT2D eigenvalue weighted by molar-refractivity contribution is 14.0. The number of ether oxygens (including phenoxy) is 1. The quantitative estimate of drug-likeness (QED) is 0.312. The third kappa shape index (κ3) is 9.78. The number of halogens is 1. The van der Waals surface area contributed by atoms with Crippen LogP contribution in [0.3, 0.4) is 0 Å². The summed E-state index contributed by atoms with van der Waals surface area (Å²) in [6, 6.07) is -0.0479. The van der Waals surface area contributed by atoms with E-state index in [1.807, 2.05) is 27.8 Å². The molecule has 3 N–H and O–H groups in total. The molecule has 1 atom stereocenters. The van der Waals surface area contributed by atoms with Gasteiger partial charge in [0.1, 0.15) is 17.8 Å². The van der Waals surface area contributed by atoms with Gasteiger partial charge in [0, 0.05) is 26.7 Å². The number of amides is 1. The van der Waals surface area contributed by atoms with Crippen LogP contribution in [0.25, 0.3) is 0 Å². The third-order valence-electron chi connectivity index (χ3n) is 3.32. The largest absolute Gasteiger partial charge is 0.444 e. The fraction of sp³-hybridized carbons (Fsp3) is 0.750. The molecule has 1 rings (SSSR count). The van der Waals surface area contributed by atoms with E-state index in [9.17, 15) is 4.79 Å². The van der Waals surface area contributed by atoms with E-state index in [0.717, 1.165) is 18.7 Å². The summed E-state index contributed by atoms with van der Waals surface area (Å²) in [6.07, 6.45) is 2.89. The van der Waals surface area contributed by atoms with Gasteiger partial charge in [0.15, 0.2) is 5.96 Å². The fourth-order valence-corrected chi connectivity index (χ4v) is 2.13. The van der Waals surface area contributed by atoms with Crippen LogP contribution >= 0.6 is 24.0 Å². The first-order chi connectivity index (χ1) is 11.7. The minimum atomic E-state index is -0.512. The molecule has 0 saturated heterocycles. The summed E-state index contributed by atoms with van der Waals surface area (Å²) in [6.45, 7) is 8.66. The average molecular weight is 481 g/mol. The lowest BCUT2D eigenvalue weighted by atomic mass is 10.1. The van der Waals surface area contributed by atoms with Crippen LogP contribution in [0.15, 0.2) is 11.3 Å². The fourth-order valence-electron chi connectivity index (χ4n) is 2.13. The number of hydrogen-bond donors (Lipinski definition) is 3. The highest BCUT2D eigenvalue weighted by Gasteiger charge is 2.19. The molecule has 1 aromatic heterocycles. The van der Waals surface area contributed by atoms with E-state index in [-0.39, 0.29) is 30.0 Å². The number of nitrogens with one attached hydrogen (secondary N) is 3. The molecule has 0 bridgehead atoms. The Bertz CT molecular complexity index is 569. The molecule has 0 aliphatic heterocycles. The molecule has 0 spiro atoms. The molecular formula is C16H32IN7O2. The molecular weight excluding hydrogens is 449 g/mol. The number of guanidine groups is 1. The number of hydrogen-bond acceptors (Lipinski definition) is 5. The van der Waals surface area contributed by atoms with Crippen LogP contribution in [0, 0.1) is 0 Å². The Morgan fingerprint density at radius 2 is 2.08 bits per heavy atom. The van der Waals surface area contributed by atoms with Gasteiger partial charge >= 0.3 is 6.09 Å². The predicted octanol–water partition coefficient (Wildman–Crippen LogP) is 1.79. The van der Waals surface area contributed by atoms with Crippen molar-refractivity contribution in [3.05, 3.63) is 12.2 Å². The summed E-state index contributed by atoms with van der Waals surface area (Å²) in [5.74, 6) is 1.44. The van der Waals surface area contributed by atoms with E-state index in [4.69, 9.17) is 4.74 Å². The lowest BCUT2D eigenvalue weighted by Gasteiger charge is -2.24. The van der Waals surface area contributed by atoms with Crippen LogP contribution in [0.1, 0.15) is 46.4 Å². The molecule has 0 fully saturated rings. The molecule has 1 heterocycles. The van der Waals surface area contributed by atoms with Gasteiger partial charge in [0.25, 0.3) is 0 Å². The molecule has 0 aliphatic rings. The van der Waals surface area contributed by atoms with Crippen LogP contribution in [0.2, 0.25) is 0 Å². The Kier molecular flexibility index (Phi) is 11.2. The van der Waals surface area contributed by atoms with Gasteiger partial charge in [-0.1, -0.05) is 13.3 Å². The minimum Gasteiger partial charge on any atom is -0.444 e. The topological polar surface area (TPSA) is 105 Å². The second-order valence-electron chi connectivity index (χ2n) is 6.74. The number of aryl methyl sites for hydroxylation is 1. The Morgan fingerprint density at radius 3 is 2.58 bits per heavy atom. The van der Waals surface area contributed by atoms with E-state index in [2.05, 4.69) is 37.9 Å². The second-order valence-corrected chi connectivity index (χ2v) is 6.74. The molecule has 0 saturated carbocycles. The summed E-state index contributed by atoms with van der Waals surface area (Å²) in [4.78, 5) is 20.3. The number of aromatic nitrogens is 3. The molecule has 9 nitrogen and oxygen atoms in total. The van der Waals surface area contributed by atoms with Crippen LogP contribution in [0.5, 0.6) is 0 Å². The van der Waals surface area contributed by atoms with Crippen molar-refractivity contribution >= 4 is 36.0 Å². The summed E-state index contributed by atoms with van der Waals surface area (Å²) < 4.78 is 7.01. The lowest BCUT2D eigenvalue weighted by molar-refractivity contribution is 0.0502. The van der Waals surface area contributed by atoms with Crippen molar-refractivity contribution in [3.63, 3.8) is 0 Å². The van der Waals surface area contributed by atoms with E-state index < -0.39 is 11.7 Å². The van der Waals surface area contributed by atoms with Gasteiger partial charge in [-0.25, -0.2) is 9.78 Å². The average Bonchev–Trinajstić information content (AvgIpc) is 2.91. The van der Waals surface area contributed by atoms with Crippen molar-refractivity contribution in [2.75, 3.05) is 13.6 Å². The van der Waals surface area contributed by atoms with Crippen molar-refractivity contribution in [2.45, 2.75) is 58.7 Å². The second kappa shape index (κ2) is 11.9. The molecule has 1 amide bonds. The molecule has 10 heteroatoms. The maximum Gasteiger partial charge on any atom is 0.407 e. The van der Waals surface area contributed by atoms with E-state index >= 15 is 0 Å². The van der Waals surface area contributed by atoms with Crippen LogP contribution in [-0.4, -0.2) is 52.1 Å². The van der Waals surface area contributed by atoms with Gasteiger partial charge < -0.3 is 20.7 Å². The molecule has 150 valence electrons. The number of rotatable bonds is 7. The first-order valence-corrected chi connectivity index (χ1v) is 8.52. The molecule has 1 unspecified atom stereocenters. The smallest absolute Gasteiger partial charge is 0.407 e. The zero-order valence-corrected chi connectivity index (χ0v) is 18.8. The number of carbonyl (C=O) groups is 1. The van der Waals surface area contributed by atoms with Crippen molar-refractivity contribution < 1.29 is 9.53 Å². The highest BCUT2D eigenvalue weighted by atomic mass is 127. The predicted molar refractivity (Wildman–Crippen MR) is 113 cm³/mol. The summed E-state index contributed by atoms with van der Waals surface area (Å²) >= 11 is 0. The number of aliphatic imine (C=N–C) groups is 1. The van der Waals surface area contributed by atoms with Gasteiger partial charge in [-0.05, 0) is 27.2 Å². The van der Waals surface area contributed by atoms with Crippen molar-refractivity contribution in [2.24, 2.45) is 12.0 Å². The van der Waals surface area contributed by atoms with Crippen LogP contribution in [0.4, 0.5) is 4.79 Å². The van der Waals surface area contributed by atoms with E-state index in [0.29, 0.717) is 19.0 Å². The monoisotopic (exact) mass is 481 g/mol. The van der Waals surface area contributed by atoms with Gasteiger partial charge in [-0.15, -0.1) is 24.0 Å². The normalized spacial score (nSPS) is 12.8. The Morgan fingerprint density at radius 1 is 1.38 bits per heavy atom. The highest BCUT2D eigenvalue weighted by Crippen LogP contribution is 2.07. The Balaban J connectivity index is 0.00000625. The maximum atomic E-state index is 12.0. The molecule has 0 radical (unpaired) electrons. The summed E-state index contributed by atoms with van der Waals surface area (Å²) in [5.41, 5.74) is -0.512. The SMILES string of the molecule is CCCC(CNC(=NC)NCc1ncnn1C)NC(=O)OC(C)(C)C.I. The van der Waals surface area contributed by atoms with Crippen LogP contribution < -0.4 is 16.0 Å². The van der Waals surface area contributed by atoms with Crippen molar-refractivity contribution in [1.82, 2.24) is 30.7 Å². The number of carbonyl (C=O) groups excluding carboxylic acids is 1. The summed E-state index contributed by atoms with van der Waals surface area (Å²) in [5, 5.41) is 13.3. The molecule has 1 aromatic rings. The van der Waals surface area contributed by atoms with Crippen molar-refractivity contribution in [3.8, 4) is 0 Å². The molecule has 26 heavy (non-hydrogen) atoms. The zero-order chi connectivity index (χ0) is 18.9. The maximum absolute atomic E-state index is 12.0. The molecule has 0 aliphatic carbocycles. The minimum absolute atomic E-state index is 0. The van der Waals surface area contributed by atoms with Crippen LogP contribution in [-0.2, 0) is 18.3 Å². The first-order valence-electron chi connectivity index (χ1n) is 8.52. The number of alkyl carbamates (subject to hydrolysis) is 1. The zero-order valence-electron chi connectivity index (χ0n) is 16.5. The third-order valence-corrected chi connectivity index (χ3v) is 3.32. The van der Waals surface area contributed by atoms with Gasteiger partial charge in [0.05, 0.1) is 6.54 Å². The van der Waals surface area contributed by atoms with Gasteiger partial charge in [-0.3, -0.25) is 9.67 Å². The summed E-state index contributed by atoms with van der Waals surface area (Å²) in [7, 11) is 3.53.